The first-order valence-corrected chi connectivity index (χ1v) is 6.89. The number of thiophene rings is 1. The minimum atomic E-state index is -3.04. The highest BCUT2D eigenvalue weighted by molar-refractivity contribution is 7.22. The van der Waals surface area contributed by atoms with Crippen molar-refractivity contribution in [2.24, 2.45) is 0 Å². The van der Waals surface area contributed by atoms with Gasteiger partial charge in [0.05, 0.1) is 15.3 Å². The average Bonchev–Trinajstić information content (AvgIpc) is 2.94. The second-order valence-corrected chi connectivity index (χ2v) is 6.56. The van der Waals surface area contributed by atoms with Gasteiger partial charge in [-0.2, -0.15) is 0 Å². The molecule has 0 amide bonds. The Morgan fingerprint density at radius 3 is 2.68 bits per heavy atom. The Balaban J connectivity index is 2.11. The highest BCUT2D eigenvalue weighted by Gasteiger charge is 2.52. The zero-order valence-electron chi connectivity index (χ0n) is 20.3. The average molecular weight is 288 g/mol. The molecule has 3 heterocycles. The van der Waals surface area contributed by atoms with Gasteiger partial charge in [0.1, 0.15) is 0 Å². The molecule has 1 aromatic heterocycles. The summed E-state index contributed by atoms with van der Waals surface area (Å²) in [6.07, 6.45) is -6.05. The summed E-state index contributed by atoms with van der Waals surface area (Å²) in [5, 5.41) is 2.08. The van der Waals surface area contributed by atoms with E-state index in [0.717, 1.165) is 11.3 Å². The predicted octanol–water partition coefficient (Wildman–Crippen LogP) is 2.47. The maximum atomic E-state index is 8.57. The molecule has 2 aliphatic heterocycles. The second-order valence-electron chi connectivity index (χ2n) is 5.51. The lowest BCUT2D eigenvalue weighted by molar-refractivity contribution is 0.00578. The maximum Gasteiger partial charge on any atom is 0.505 e. The fraction of sp³-hybridized carbons (Fsp3) is 0.714. The summed E-state index contributed by atoms with van der Waals surface area (Å²) in [5.41, 5.74) is -1.41. The van der Waals surface area contributed by atoms with Gasteiger partial charge in [-0.25, -0.2) is 0 Å². The molecule has 104 valence electrons. The molecule has 0 aliphatic carbocycles. The molecule has 2 aliphatic rings. The van der Waals surface area contributed by atoms with E-state index in [2.05, 4.69) is 5.32 Å². The van der Waals surface area contributed by atoms with Gasteiger partial charge in [0, 0.05) is 23.9 Å². The molecule has 0 aromatic carbocycles. The third-order valence-electron chi connectivity index (χ3n) is 3.64. The lowest BCUT2D eigenvalue weighted by Gasteiger charge is -2.32. The van der Waals surface area contributed by atoms with Crippen LogP contribution in [0, 0.1) is 0 Å². The van der Waals surface area contributed by atoms with E-state index in [1.54, 1.807) is 0 Å². The minimum absolute atomic E-state index is 0.163. The summed E-state index contributed by atoms with van der Waals surface area (Å²) in [5.74, 6) is 0. The van der Waals surface area contributed by atoms with Crippen LogP contribution in [0.5, 0.6) is 0 Å². The van der Waals surface area contributed by atoms with E-state index in [4.69, 9.17) is 21.6 Å². The molecule has 2 fully saturated rings. The molecule has 0 bridgehead atoms. The Morgan fingerprint density at radius 1 is 1.42 bits per heavy atom. The SMILES string of the molecule is [2H]c1c(B2OC(C)(C)C(C)(C)O2)sc(C2([2H])NC([2H])([2H])C([2H])([2H])C2([2H])[2H])c1[2H]. The van der Waals surface area contributed by atoms with Crippen molar-refractivity contribution in [1.82, 2.24) is 5.32 Å². The molecule has 0 spiro atoms. The van der Waals surface area contributed by atoms with Crippen LogP contribution in [0.1, 0.15) is 63.7 Å². The van der Waals surface area contributed by atoms with Crippen LogP contribution in [0.4, 0.5) is 0 Å². The van der Waals surface area contributed by atoms with Gasteiger partial charge < -0.3 is 14.6 Å². The van der Waals surface area contributed by atoms with E-state index in [1.807, 2.05) is 27.7 Å². The molecule has 5 heteroatoms. The zero-order chi connectivity index (χ0) is 21.7. The van der Waals surface area contributed by atoms with Crippen LogP contribution in [0.3, 0.4) is 0 Å². The Hall–Kier alpha value is -0.355. The van der Waals surface area contributed by atoms with Gasteiger partial charge in [-0.3, -0.25) is 0 Å². The van der Waals surface area contributed by atoms with E-state index in [9.17, 15) is 0 Å². The number of hydrogen-bond acceptors (Lipinski definition) is 4. The largest absolute Gasteiger partial charge is 0.505 e. The van der Waals surface area contributed by atoms with Gasteiger partial charge in [0.25, 0.3) is 0 Å². The van der Waals surface area contributed by atoms with E-state index >= 15 is 0 Å². The van der Waals surface area contributed by atoms with Gasteiger partial charge in [-0.15, -0.1) is 11.3 Å². The van der Waals surface area contributed by atoms with Crippen molar-refractivity contribution >= 4 is 23.2 Å². The summed E-state index contributed by atoms with van der Waals surface area (Å²) in [7, 11) is -0.996. The molecule has 0 saturated carbocycles. The topological polar surface area (TPSA) is 30.5 Å². The zero-order valence-corrected chi connectivity index (χ0v) is 12.1. The number of nitrogens with one attached hydrogen (secondary N) is 1. The van der Waals surface area contributed by atoms with Gasteiger partial charge in [-0.05, 0) is 53.0 Å². The first-order valence-electron chi connectivity index (χ1n) is 10.6. The van der Waals surface area contributed by atoms with E-state index in [1.165, 1.54) is 0 Å². The van der Waals surface area contributed by atoms with E-state index < -0.39 is 49.6 Å². The molecular formula is C14H22BNO2S. The third-order valence-corrected chi connectivity index (χ3v) is 4.67. The Kier molecular flexibility index (Phi) is 1.59. The Morgan fingerprint density at radius 2 is 2.11 bits per heavy atom. The van der Waals surface area contributed by atoms with Crippen LogP contribution in [-0.2, 0) is 9.31 Å². The fourth-order valence-electron chi connectivity index (χ4n) is 1.78. The van der Waals surface area contributed by atoms with Gasteiger partial charge in [0.15, 0.2) is 0 Å². The lowest BCUT2D eigenvalue weighted by Crippen LogP contribution is -2.41. The monoisotopic (exact) mass is 288 g/mol. The number of rotatable bonds is 2. The summed E-state index contributed by atoms with van der Waals surface area (Å²) in [6.45, 7) is 4.43. The highest BCUT2D eigenvalue weighted by Crippen LogP contribution is 2.37. The molecule has 19 heavy (non-hydrogen) atoms. The first-order chi connectivity index (χ1) is 12.3. The standard InChI is InChI=1S/C14H22BNO2S/c1-13(2)14(3,4)18-15(17-13)12-8-7-11(19-12)10-6-5-9-16-10/h7-8,10,16H,5-6,9H2,1-4H3/i5D2,6D2,7D,8D,9D2,10D. The maximum absolute atomic E-state index is 8.57. The van der Waals surface area contributed by atoms with Crippen LogP contribution in [0.2, 0.25) is 0 Å². The van der Waals surface area contributed by atoms with E-state index in [0.29, 0.717) is 0 Å². The summed E-state index contributed by atoms with van der Waals surface area (Å²) < 4.78 is 84.7. The quantitative estimate of drug-likeness (QED) is 0.848. The Labute approximate surface area is 132 Å². The highest BCUT2D eigenvalue weighted by atomic mass is 32.1. The summed E-state index contributed by atoms with van der Waals surface area (Å²) in [6, 6.07) is -3.38. The molecule has 1 N–H and O–H groups in total. The normalized spacial score (nSPS) is 47.8. The Bertz CT molecular complexity index is 812. The molecule has 1 aromatic rings. The van der Waals surface area contributed by atoms with Crippen molar-refractivity contribution in [3.63, 3.8) is 0 Å². The molecule has 2 saturated heterocycles. The van der Waals surface area contributed by atoms with Crippen LogP contribution < -0.4 is 10.1 Å². The van der Waals surface area contributed by atoms with Crippen molar-refractivity contribution in [2.75, 3.05) is 6.50 Å². The second kappa shape index (κ2) is 4.59. The third kappa shape index (κ3) is 2.37. The summed E-state index contributed by atoms with van der Waals surface area (Å²) >= 11 is 0.736. The van der Waals surface area contributed by atoms with Crippen molar-refractivity contribution < 1.29 is 21.6 Å². The predicted molar refractivity (Wildman–Crippen MR) is 80.0 cm³/mol. The fourth-order valence-corrected chi connectivity index (χ4v) is 2.60. The van der Waals surface area contributed by atoms with Crippen molar-refractivity contribution in [2.45, 2.75) is 57.7 Å². The van der Waals surface area contributed by atoms with Crippen LogP contribution >= 0.6 is 11.3 Å². The molecule has 0 radical (unpaired) electrons. The molecule has 3 rings (SSSR count). The minimum Gasteiger partial charge on any atom is -0.399 e. The van der Waals surface area contributed by atoms with Crippen molar-refractivity contribution in [3.8, 4) is 0 Å². The van der Waals surface area contributed by atoms with Crippen LogP contribution in [0.15, 0.2) is 12.1 Å². The van der Waals surface area contributed by atoms with Crippen molar-refractivity contribution in [3.05, 3.63) is 17.0 Å². The molecule has 1 unspecified atom stereocenters. The lowest BCUT2D eigenvalue weighted by atomic mass is 9.88. The molecule has 3 nitrogen and oxygen atoms in total. The van der Waals surface area contributed by atoms with Crippen molar-refractivity contribution in [1.29, 1.82) is 0 Å². The van der Waals surface area contributed by atoms with Crippen LogP contribution in [0.25, 0.3) is 0 Å². The first kappa shape index (κ1) is 6.61. The van der Waals surface area contributed by atoms with Gasteiger partial charge in [0.2, 0.25) is 0 Å². The molecule has 1 atom stereocenters. The summed E-state index contributed by atoms with van der Waals surface area (Å²) in [4.78, 5) is -0.294. The smallest absolute Gasteiger partial charge is 0.399 e. The van der Waals surface area contributed by atoms with Gasteiger partial charge >= 0.3 is 7.12 Å². The number of hydrogen-bond donors (Lipinski definition) is 1. The van der Waals surface area contributed by atoms with E-state index in [-0.39, 0.29) is 15.7 Å². The van der Waals surface area contributed by atoms with Gasteiger partial charge in [-0.1, -0.05) is 6.04 Å². The molecular weight excluding hydrogens is 257 g/mol. The van der Waals surface area contributed by atoms with Crippen LogP contribution in [-0.4, -0.2) is 24.8 Å².